The van der Waals surface area contributed by atoms with Crippen LogP contribution in [0.3, 0.4) is 0 Å². The van der Waals surface area contributed by atoms with Gasteiger partial charge in [0, 0.05) is 6.07 Å². The highest BCUT2D eigenvalue weighted by atomic mass is 35.5. The number of esters is 1. The van der Waals surface area contributed by atoms with Crippen molar-refractivity contribution < 1.29 is 23.1 Å². The quantitative estimate of drug-likeness (QED) is 0.549. The minimum atomic E-state index is -1.16. The van der Waals surface area contributed by atoms with Gasteiger partial charge in [0.05, 0.1) is 33.4 Å². The molecule has 5 nitrogen and oxygen atoms in total. The van der Waals surface area contributed by atoms with Crippen molar-refractivity contribution in [3.63, 3.8) is 0 Å². The fraction of sp³-hybridized carbons (Fsp3) is 0.0714. The smallest absolute Gasteiger partial charge is 0.340 e. The number of rotatable bonds is 3. The predicted molar refractivity (Wildman–Crippen MR) is 89.9 cm³/mol. The van der Waals surface area contributed by atoms with E-state index in [-0.39, 0.29) is 20.2 Å². The molecular formula is C14H6Cl4F2N2O3. The Balaban J connectivity index is 2.44. The van der Waals surface area contributed by atoms with Crippen LogP contribution in [0, 0.1) is 11.6 Å². The zero-order valence-electron chi connectivity index (χ0n) is 12.1. The largest absolute Gasteiger partial charge is 0.465 e. The number of ether oxygens (including phenoxy) is 1. The molecule has 0 bridgehead atoms. The fourth-order valence-electron chi connectivity index (χ4n) is 1.73. The van der Waals surface area contributed by atoms with Crippen LogP contribution in [-0.4, -0.2) is 24.0 Å². The SMILES string of the molecule is COC(=O)c1cc(NC(=O)c2nc(Cl)c(Cl)c(Cl)c2Cl)c(F)cc1F. The van der Waals surface area contributed by atoms with Crippen molar-refractivity contribution in [2.45, 2.75) is 0 Å². The molecule has 11 heteroatoms. The van der Waals surface area contributed by atoms with Crippen LogP contribution in [0.4, 0.5) is 14.5 Å². The Morgan fingerprint density at radius 2 is 1.68 bits per heavy atom. The second-order valence-electron chi connectivity index (χ2n) is 4.45. The van der Waals surface area contributed by atoms with Gasteiger partial charge in [-0.1, -0.05) is 46.4 Å². The number of carbonyl (C=O) groups is 2. The molecule has 1 amide bonds. The van der Waals surface area contributed by atoms with Gasteiger partial charge in [0.2, 0.25) is 0 Å². The lowest BCUT2D eigenvalue weighted by Crippen LogP contribution is -2.17. The van der Waals surface area contributed by atoms with Gasteiger partial charge in [0.25, 0.3) is 5.91 Å². The number of nitrogens with one attached hydrogen (secondary N) is 1. The van der Waals surface area contributed by atoms with Crippen molar-refractivity contribution in [1.82, 2.24) is 4.98 Å². The molecule has 25 heavy (non-hydrogen) atoms. The van der Waals surface area contributed by atoms with Crippen LogP contribution in [0.2, 0.25) is 20.2 Å². The van der Waals surface area contributed by atoms with E-state index in [1.54, 1.807) is 0 Å². The first-order valence-electron chi connectivity index (χ1n) is 6.26. The highest BCUT2D eigenvalue weighted by Crippen LogP contribution is 2.36. The number of pyridine rings is 1. The Bertz CT molecular complexity index is 893. The predicted octanol–water partition coefficient (Wildman–Crippen LogP) is 5.01. The molecule has 1 N–H and O–H groups in total. The Hall–Kier alpha value is -1.67. The fourth-order valence-corrected chi connectivity index (χ4v) is 2.54. The molecule has 0 radical (unpaired) electrons. The second kappa shape index (κ2) is 7.70. The van der Waals surface area contributed by atoms with Gasteiger partial charge < -0.3 is 10.1 Å². The Morgan fingerprint density at radius 3 is 2.28 bits per heavy atom. The van der Waals surface area contributed by atoms with E-state index in [0.29, 0.717) is 6.07 Å². The number of amides is 1. The number of halogens is 6. The van der Waals surface area contributed by atoms with Crippen LogP contribution in [0.15, 0.2) is 12.1 Å². The van der Waals surface area contributed by atoms with Crippen LogP contribution >= 0.6 is 46.4 Å². The van der Waals surface area contributed by atoms with Gasteiger partial charge in [-0.2, -0.15) is 0 Å². The van der Waals surface area contributed by atoms with Crippen LogP contribution in [0.25, 0.3) is 0 Å². The van der Waals surface area contributed by atoms with E-state index in [1.807, 2.05) is 0 Å². The summed E-state index contributed by atoms with van der Waals surface area (Å²) < 4.78 is 31.8. The zero-order chi connectivity index (χ0) is 18.9. The molecule has 0 atom stereocenters. The lowest BCUT2D eigenvalue weighted by molar-refractivity contribution is 0.0595. The third-order valence-electron chi connectivity index (χ3n) is 2.91. The molecule has 0 aliphatic heterocycles. The summed E-state index contributed by atoms with van der Waals surface area (Å²) in [6.07, 6.45) is 0. The Morgan fingerprint density at radius 1 is 1.04 bits per heavy atom. The molecule has 2 aromatic rings. The molecule has 0 aliphatic rings. The molecule has 0 unspecified atom stereocenters. The first-order valence-corrected chi connectivity index (χ1v) is 7.77. The summed E-state index contributed by atoms with van der Waals surface area (Å²) in [5.41, 5.74) is -1.53. The third kappa shape index (κ3) is 3.95. The monoisotopic (exact) mass is 428 g/mol. The molecule has 0 aliphatic carbocycles. The summed E-state index contributed by atoms with van der Waals surface area (Å²) in [6, 6.07) is 1.18. The van der Waals surface area contributed by atoms with E-state index in [1.165, 1.54) is 0 Å². The van der Waals surface area contributed by atoms with E-state index in [4.69, 9.17) is 46.4 Å². The molecule has 132 valence electrons. The molecule has 0 spiro atoms. The van der Waals surface area contributed by atoms with Crippen LogP contribution < -0.4 is 5.32 Å². The van der Waals surface area contributed by atoms with Crippen LogP contribution in [0.1, 0.15) is 20.8 Å². The Kier molecular flexibility index (Phi) is 6.05. The summed E-state index contributed by atoms with van der Waals surface area (Å²) in [4.78, 5) is 27.4. The van der Waals surface area contributed by atoms with Crippen molar-refractivity contribution in [2.75, 3.05) is 12.4 Å². The van der Waals surface area contributed by atoms with Gasteiger partial charge in [-0.25, -0.2) is 18.6 Å². The summed E-state index contributed by atoms with van der Waals surface area (Å²) in [6.45, 7) is 0. The number of nitrogens with zero attached hydrogens (tertiary/aromatic N) is 1. The maximum Gasteiger partial charge on any atom is 0.340 e. The van der Waals surface area contributed by atoms with E-state index in [0.717, 1.165) is 13.2 Å². The molecule has 0 fully saturated rings. The van der Waals surface area contributed by atoms with Crippen LogP contribution in [0.5, 0.6) is 0 Å². The van der Waals surface area contributed by atoms with E-state index in [2.05, 4.69) is 15.0 Å². The zero-order valence-corrected chi connectivity index (χ0v) is 15.1. The number of hydrogen-bond acceptors (Lipinski definition) is 4. The summed E-state index contributed by atoms with van der Waals surface area (Å²) >= 11 is 23.2. The maximum atomic E-state index is 13.9. The average Bonchev–Trinajstić information content (AvgIpc) is 2.57. The van der Waals surface area contributed by atoms with Crippen molar-refractivity contribution in [1.29, 1.82) is 0 Å². The molecule has 0 saturated carbocycles. The number of methoxy groups -OCH3 is 1. The highest BCUT2D eigenvalue weighted by Gasteiger charge is 2.23. The Labute approximate surface area is 159 Å². The van der Waals surface area contributed by atoms with E-state index >= 15 is 0 Å². The third-order valence-corrected chi connectivity index (χ3v) is 4.59. The highest BCUT2D eigenvalue weighted by molar-refractivity contribution is 6.52. The van der Waals surface area contributed by atoms with Crippen molar-refractivity contribution in [2.24, 2.45) is 0 Å². The topological polar surface area (TPSA) is 68.3 Å². The molecular weight excluding hydrogens is 424 g/mol. The lowest BCUT2D eigenvalue weighted by Gasteiger charge is -2.11. The van der Waals surface area contributed by atoms with Crippen LogP contribution in [-0.2, 0) is 4.74 Å². The van der Waals surface area contributed by atoms with Gasteiger partial charge in [-0.15, -0.1) is 0 Å². The standard InChI is InChI=1S/C14H6Cl4F2N2O3/c1-25-14(24)4-2-7(6(20)3-5(4)19)21-13(23)11-9(16)8(15)10(17)12(18)22-11/h2-3H,1H3,(H,21,23). The second-order valence-corrected chi connectivity index (χ2v) is 5.94. The van der Waals surface area contributed by atoms with Crippen molar-refractivity contribution >= 4 is 64.0 Å². The van der Waals surface area contributed by atoms with E-state index in [9.17, 15) is 18.4 Å². The van der Waals surface area contributed by atoms with Crippen molar-refractivity contribution in [3.05, 3.63) is 55.2 Å². The van der Waals surface area contributed by atoms with Gasteiger partial charge in [0.15, 0.2) is 0 Å². The lowest BCUT2D eigenvalue weighted by atomic mass is 10.1. The first-order chi connectivity index (χ1) is 11.7. The van der Waals surface area contributed by atoms with Gasteiger partial charge in [0.1, 0.15) is 22.5 Å². The first kappa shape index (κ1) is 19.7. The van der Waals surface area contributed by atoms with Gasteiger partial charge >= 0.3 is 5.97 Å². The number of carbonyl (C=O) groups excluding carboxylic acids is 2. The van der Waals surface area contributed by atoms with Crippen molar-refractivity contribution in [3.8, 4) is 0 Å². The summed E-state index contributed by atoms with van der Waals surface area (Å²) in [7, 11) is 1.02. The number of benzene rings is 1. The molecule has 1 aromatic carbocycles. The molecule has 1 heterocycles. The van der Waals surface area contributed by atoms with E-state index < -0.39 is 40.5 Å². The minimum Gasteiger partial charge on any atom is -0.465 e. The van der Waals surface area contributed by atoms with Gasteiger partial charge in [-0.3, -0.25) is 4.79 Å². The summed E-state index contributed by atoms with van der Waals surface area (Å²) in [5.74, 6) is -4.36. The average molecular weight is 430 g/mol. The number of aromatic nitrogens is 1. The summed E-state index contributed by atoms with van der Waals surface area (Å²) in [5, 5.41) is 1.10. The number of hydrogen-bond donors (Lipinski definition) is 1. The molecule has 1 aromatic heterocycles. The molecule has 0 saturated heterocycles. The molecule has 2 rings (SSSR count). The minimum absolute atomic E-state index is 0.161. The number of anilines is 1. The normalized spacial score (nSPS) is 10.5. The maximum absolute atomic E-state index is 13.9. The van der Waals surface area contributed by atoms with Gasteiger partial charge in [-0.05, 0) is 6.07 Å².